The third-order valence-corrected chi connectivity index (χ3v) is 9.09. The number of fused-ring (bicyclic) bond motifs is 3. The van der Waals surface area contributed by atoms with E-state index in [1.807, 2.05) is 145 Å². The lowest BCUT2D eigenvalue weighted by Gasteiger charge is -2.26. The van der Waals surface area contributed by atoms with Crippen LogP contribution >= 0.6 is 0 Å². The molecule has 3 heterocycles. The highest BCUT2D eigenvalue weighted by atomic mass is 16.2. The van der Waals surface area contributed by atoms with Gasteiger partial charge < -0.3 is 14.7 Å². The van der Waals surface area contributed by atoms with Crippen LogP contribution in [-0.4, -0.2) is 38.5 Å². The fourth-order valence-electron chi connectivity index (χ4n) is 6.29. The van der Waals surface area contributed by atoms with Gasteiger partial charge in [-0.15, -0.1) is 0 Å². The highest BCUT2D eigenvalue weighted by molar-refractivity contribution is 6.52. The van der Waals surface area contributed by atoms with Gasteiger partial charge in [-0.1, -0.05) is 72.8 Å². The van der Waals surface area contributed by atoms with E-state index < -0.39 is 17.3 Å². The van der Waals surface area contributed by atoms with Gasteiger partial charge in [0.2, 0.25) is 17.3 Å². The van der Waals surface area contributed by atoms with E-state index in [1.54, 1.807) is 18.2 Å². The molecule has 234 valence electrons. The Kier molecular flexibility index (Phi) is 7.91. The molecular weight excluding hydrogens is 594 g/mol. The number of carbonyl (C=O) groups is 3. The van der Waals surface area contributed by atoms with Crippen molar-refractivity contribution in [2.45, 2.75) is 0 Å². The minimum absolute atomic E-state index is 0.0622. The average molecular weight is 628 g/mol. The molecule has 1 aliphatic carbocycles. The minimum atomic E-state index is -0.599. The third kappa shape index (κ3) is 5.43. The van der Waals surface area contributed by atoms with E-state index >= 15 is 0 Å². The molecule has 6 nitrogen and oxygen atoms in total. The van der Waals surface area contributed by atoms with Gasteiger partial charge in [-0.2, -0.15) is 0 Å². The van der Waals surface area contributed by atoms with Crippen LogP contribution in [-0.2, 0) is 14.4 Å². The standard InChI is InChI=1S/C42H33N3O3/c1-43-31(19-16-28-10-4-7-13-37(28)43)22-25-34-40(46)35(26-23-32-20-17-29-11-5-8-14-38(29)44(32)2)42(48)36(41(34)47)27-24-33-21-18-30-12-6-9-15-39(30)45(33)3/h4-27H,1-3H3. The number of hydrogen-bond acceptors (Lipinski definition) is 6. The second kappa shape index (κ2) is 12.5. The van der Waals surface area contributed by atoms with Crippen molar-refractivity contribution >= 4 is 52.6 Å². The fraction of sp³-hybridized carbons (Fsp3) is 0.0714. The van der Waals surface area contributed by atoms with Gasteiger partial charge in [-0.3, -0.25) is 14.4 Å². The first-order valence-electron chi connectivity index (χ1n) is 15.7. The highest BCUT2D eigenvalue weighted by Crippen LogP contribution is 2.33. The van der Waals surface area contributed by atoms with E-state index in [9.17, 15) is 14.4 Å². The number of Topliss-reactive ketones (excluding diaryl/α,β-unsaturated/α-hetero) is 3. The van der Waals surface area contributed by atoms with Crippen LogP contribution in [0.25, 0.3) is 18.2 Å². The Hall–Kier alpha value is -6.27. The number of benzene rings is 3. The lowest BCUT2D eigenvalue weighted by atomic mass is 9.82. The van der Waals surface area contributed by atoms with E-state index in [-0.39, 0.29) is 16.7 Å². The molecule has 0 spiro atoms. The lowest BCUT2D eigenvalue weighted by molar-refractivity contribution is -0.124. The van der Waals surface area contributed by atoms with E-state index in [4.69, 9.17) is 0 Å². The van der Waals surface area contributed by atoms with Crippen molar-refractivity contribution in [1.29, 1.82) is 0 Å². The molecule has 0 atom stereocenters. The van der Waals surface area contributed by atoms with Crippen molar-refractivity contribution in [2.75, 3.05) is 35.8 Å². The number of allylic oxidation sites excluding steroid dienone is 12. The lowest BCUT2D eigenvalue weighted by Crippen LogP contribution is -2.31. The van der Waals surface area contributed by atoms with Gasteiger partial charge in [0.1, 0.15) is 0 Å². The Morgan fingerprint density at radius 2 is 0.646 bits per heavy atom. The number of hydrogen-bond donors (Lipinski definition) is 0. The van der Waals surface area contributed by atoms with Gasteiger partial charge in [-0.05, 0) is 89.6 Å². The monoisotopic (exact) mass is 627 g/mol. The molecule has 0 unspecified atom stereocenters. The van der Waals surface area contributed by atoms with E-state index in [2.05, 4.69) is 0 Å². The number of nitrogens with zero attached hydrogens (tertiary/aromatic N) is 3. The largest absolute Gasteiger partial charge is 0.344 e. The molecule has 3 aromatic rings. The predicted molar refractivity (Wildman–Crippen MR) is 195 cm³/mol. The van der Waals surface area contributed by atoms with Gasteiger partial charge in [0.25, 0.3) is 0 Å². The van der Waals surface area contributed by atoms with Crippen molar-refractivity contribution < 1.29 is 14.4 Å². The van der Waals surface area contributed by atoms with Crippen LogP contribution in [0.3, 0.4) is 0 Å². The van der Waals surface area contributed by atoms with Crippen molar-refractivity contribution in [1.82, 2.24) is 0 Å². The maximum Gasteiger partial charge on any atom is 0.200 e. The quantitative estimate of drug-likeness (QED) is 0.220. The van der Waals surface area contributed by atoms with Gasteiger partial charge in [0.05, 0.1) is 16.7 Å². The summed E-state index contributed by atoms with van der Waals surface area (Å²) in [5.74, 6) is -1.80. The molecule has 1 saturated carbocycles. The summed E-state index contributed by atoms with van der Waals surface area (Å²) in [5.41, 5.74) is 8.49. The highest BCUT2D eigenvalue weighted by Gasteiger charge is 2.37. The van der Waals surface area contributed by atoms with Crippen LogP contribution in [0.1, 0.15) is 16.7 Å². The molecule has 48 heavy (non-hydrogen) atoms. The van der Waals surface area contributed by atoms with Crippen LogP contribution in [0.15, 0.2) is 161 Å². The summed E-state index contributed by atoms with van der Waals surface area (Å²) in [7, 11) is 5.82. The molecule has 0 radical (unpaired) electrons. The molecule has 0 N–H and O–H groups in total. The minimum Gasteiger partial charge on any atom is -0.344 e. The fourth-order valence-corrected chi connectivity index (χ4v) is 6.29. The van der Waals surface area contributed by atoms with Crippen LogP contribution < -0.4 is 14.7 Å². The molecular formula is C42H33N3O3. The van der Waals surface area contributed by atoms with Gasteiger partial charge in [0, 0.05) is 55.3 Å². The van der Waals surface area contributed by atoms with Crippen molar-refractivity contribution in [3.05, 3.63) is 178 Å². The maximum atomic E-state index is 13.9. The summed E-state index contributed by atoms with van der Waals surface area (Å²) in [6.45, 7) is 0. The van der Waals surface area contributed by atoms with Crippen LogP contribution in [0.4, 0.5) is 17.1 Å². The molecule has 4 aliphatic rings. The number of carbonyl (C=O) groups excluding carboxylic acids is 3. The van der Waals surface area contributed by atoms with Crippen molar-refractivity contribution in [3.63, 3.8) is 0 Å². The molecule has 0 amide bonds. The van der Waals surface area contributed by atoms with Gasteiger partial charge in [0.15, 0.2) is 0 Å². The Morgan fingerprint density at radius 3 is 0.938 bits per heavy atom. The Bertz CT molecular complexity index is 1910. The van der Waals surface area contributed by atoms with Crippen LogP contribution in [0, 0.1) is 0 Å². The third-order valence-electron chi connectivity index (χ3n) is 9.09. The SMILES string of the molecule is CN1C(=CC=C2C(=O)C(=CC=C3C=Cc4ccccc4N3C)C(=O)C(=CC=C3C=Cc4ccccc4N3C)C2=O)C=Cc2ccccc21. The van der Waals surface area contributed by atoms with Gasteiger partial charge >= 0.3 is 0 Å². The van der Waals surface area contributed by atoms with E-state index in [0.717, 1.165) is 50.8 Å². The second-order valence-electron chi connectivity index (χ2n) is 11.9. The summed E-state index contributed by atoms with van der Waals surface area (Å²) in [4.78, 5) is 47.8. The molecule has 3 aromatic carbocycles. The summed E-state index contributed by atoms with van der Waals surface area (Å²) >= 11 is 0. The molecule has 0 saturated heterocycles. The number of rotatable bonds is 3. The summed E-state index contributed by atoms with van der Waals surface area (Å²) in [6.07, 6.45) is 21.7. The maximum absolute atomic E-state index is 13.9. The first kappa shape index (κ1) is 30.4. The number of ketones is 3. The Balaban J connectivity index is 1.29. The number of para-hydroxylation sites is 3. The molecule has 3 aliphatic heterocycles. The van der Waals surface area contributed by atoms with Crippen molar-refractivity contribution in [3.8, 4) is 0 Å². The first-order valence-corrected chi connectivity index (χ1v) is 15.7. The zero-order valence-corrected chi connectivity index (χ0v) is 26.9. The van der Waals surface area contributed by atoms with Crippen molar-refractivity contribution in [2.24, 2.45) is 0 Å². The molecule has 0 bridgehead atoms. The first-order chi connectivity index (χ1) is 23.3. The van der Waals surface area contributed by atoms with E-state index in [1.165, 1.54) is 18.2 Å². The second-order valence-corrected chi connectivity index (χ2v) is 11.9. The zero-order valence-electron chi connectivity index (χ0n) is 26.9. The van der Waals surface area contributed by atoms with Gasteiger partial charge in [-0.25, -0.2) is 0 Å². The zero-order chi connectivity index (χ0) is 33.4. The van der Waals surface area contributed by atoms with Crippen LogP contribution in [0.5, 0.6) is 0 Å². The smallest absolute Gasteiger partial charge is 0.200 e. The average Bonchev–Trinajstić information content (AvgIpc) is 3.11. The number of anilines is 3. The molecule has 0 aromatic heterocycles. The topological polar surface area (TPSA) is 60.9 Å². The van der Waals surface area contributed by atoms with Crippen LogP contribution in [0.2, 0.25) is 0 Å². The molecule has 6 heteroatoms. The summed E-state index contributed by atoms with van der Waals surface area (Å²) < 4.78 is 0. The summed E-state index contributed by atoms with van der Waals surface area (Å²) in [5, 5.41) is 0. The Labute approximate surface area is 280 Å². The van der Waals surface area contributed by atoms with E-state index in [0.29, 0.717) is 0 Å². The summed E-state index contributed by atoms with van der Waals surface area (Å²) in [6, 6.07) is 24.0. The molecule has 7 rings (SSSR count). The molecule has 1 fully saturated rings. The predicted octanol–water partition coefficient (Wildman–Crippen LogP) is 7.63. The Morgan fingerprint density at radius 1 is 0.375 bits per heavy atom. The normalized spacial score (nSPS) is 19.3. The number of likely N-dealkylation sites (N-methyl/N-ethyl adjacent to an activating group) is 3.